The summed E-state index contributed by atoms with van der Waals surface area (Å²) in [5.41, 5.74) is 1.20. The number of aromatic nitrogens is 2. The van der Waals surface area contributed by atoms with Gasteiger partial charge in [0.25, 0.3) is 5.91 Å². The number of nitrogens with zero attached hydrogens (tertiary/aromatic N) is 2. The lowest BCUT2D eigenvalue weighted by atomic mass is 10.1. The van der Waals surface area contributed by atoms with Crippen molar-refractivity contribution in [3.8, 4) is 0 Å². The molecule has 19 heavy (non-hydrogen) atoms. The lowest BCUT2D eigenvalue weighted by Gasteiger charge is -2.11. The number of amides is 1. The number of nitrogens with one attached hydrogen (secondary N) is 2. The van der Waals surface area contributed by atoms with Gasteiger partial charge in [-0.15, -0.1) is 0 Å². The Balaban J connectivity index is 2.71. The molecule has 2 N–H and O–H groups in total. The summed E-state index contributed by atoms with van der Waals surface area (Å²) in [5, 5.41) is 5.99. The molecule has 0 aliphatic rings. The summed E-state index contributed by atoms with van der Waals surface area (Å²) in [6.07, 6.45) is 0.965. The average Bonchev–Trinajstić information content (AvgIpc) is 2.26. The van der Waals surface area contributed by atoms with E-state index < -0.39 is 0 Å². The van der Waals surface area contributed by atoms with Crippen LogP contribution in [0.1, 0.15) is 50.3 Å². The molecule has 106 valence electrons. The van der Waals surface area contributed by atoms with Gasteiger partial charge in [0.2, 0.25) is 5.95 Å². The Morgan fingerprint density at radius 3 is 2.53 bits per heavy atom. The predicted molar refractivity (Wildman–Crippen MR) is 77.3 cm³/mol. The molecule has 1 aromatic rings. The maximum Gasteiger partial charge on any atom is 0.270 e. The minimum absolute atomic E-state index is 0.141. The van der Waals surface area contributed by atoms with Crippen LogP contribution in [0.5, 0.6) is 0 Å². The fourth-order valence-corrected chi connectivity index (χ4v) is 1.57. The molecule has 0 bridgehead atoms. The second kappa shape index (κ2) is 7.07. The highest BCUT2D eigenvalue weighted by Gasteiger charge is 2.10. The highest BCUT2D eigenvalue weighted by Crippen LogP contribution is 2.06. The Kier molecular flexibility index (Phi) is 5.73. The van der Waals surface area contributed by atoms with Gasteiger partial charge in [-0.2, -0.15) is 0 Å². The molecule has 0 aliphatic carbocycles. The normalized spacial score (nSPS) is 10.9. The maximum absolute atomic E-state index is 12.0. The van der Waals surface area contributed by atoms with E-state index in [9.17, 15) is 4.79 Å². The fraction of sp³-hybridized carbons (Fsp3) is 0.643. The summed E-state index contributed by atoms with van der Waals surface area (Å²) in [7, 11) is 0. The molecular weight excluding hydrogens is 240 g/mol. The third-order valence-electron chi connectivity index (χ3n) is 2.51. The van der Waals surface area contributed by atoms with Crippen molar-refractivity contribution in [2.45, 2.75) is 47.1 Å². The van der Waals surface area contributed by atoms with Gasteiger partial charge in [-0.3, -0.25) is 4.79 Å². The Bertz CT molecular complexity index is 429. The van der Waals surface area contributed by atoms with E-state index in [4.69, 9.17) is 0 Å². The number of hydrogen-bond acceptors (Lipinski definition) is 4. The molecule has 0 radical (unpaired) electrons. The van der Waals surface area contributed by atoms with Gasteiger partial charge in [-0.1, -0.05) is 13.8 Å². The molecule has 0 aromatic carbocycles. The first-order valence-corrected chi connectivity index (χ1v) is 6.79. The van der Waals surface area contributed by atoms with Crippen LogP contribution < -0.4 is 10.6 Å². The average molecular weight is 264 g/mol. The Morgan fingerprint density at radius 2 is 1.95 bits per heavy atom. The Morgan fingerprint density at radius 1 is 1.26 bits per heavy atom. The second-order valence-corrected chi connectivity index (χ2v) is 5.46. The van der Waals surface area contributed by atoms with Crippen LogP contribution >= 0.6 is 0 Å². The van der Waals surface area contributed by atoms with E-state index in [-0.39, 0.29) is 11.9 Å². The SMILES string of the molecule is Cc1cc(C(=O)NCCC(C)C)nc(NC(C)C)n1. The van der Waals surface area contributed by atoms with Crippen molar-refractivity contribution < 1.29 is 4.79 Å². The number of aryl methyl sites for hydroxylation is 1. The molecule has 5 heteroatoms. The zero-order chi connectivity index (χ0) is 14.4. The zero-order valence-corrected chi connectivity index (χ0v) is 12.4. The summed E-state index contributed by atoms with van der Waals surface area (Å²) in [5.74, 6) is 0.938. The van der Waals surface area contributed by atoms with Crippen LogP contribution in [0.15, 0.2) is 6.07 Å². The number of hydrogen-bond donors (Lipinski definition) is 2. The molecule has 1 aromatic heterocycles. The van der Waals surface area contributed by atoms with E-state index in [2.05, 4.69) is 34.4 Å². The quantitative estimate of drug-likeness (QED) is 0.828. The summed E-state index contributed by atoms with van der Waals surface area (Å²) in [6.45, 7) is 10.8. The van der Waals surface area contributed by atoms with Crippen LogP contribution in [-0.4, -0.2) is 28.5 Å². The van der Waals surface area contributed by atoms with E-state index in [0.717, 1.165) is 12.1 Å². The molecule has 1 amide bonds. The number of carbonyl (C=O) groups excluding carboxylic acids is 1. The topological polar surface area (TPSA) is 66.9 Å². The first-order valence-electron chi connectivity index (χ1n) is 6.79. The van der Waals surface area contributed by atoms with Crippen LogP contribution in [0, 0.1) is 12.8 Å². The molecule has 0 aliphatic heterocycles. The minimum atomic E-state index is -0.141. The largest absolute Gasteiger partial charge is 0.352 e. The van der Waals surface area contributed by atoms with Crippen LogP contribution in [-0.2, 0) is 0 Å². The third-order valence-corrected chi connectivity index (χ3v) is 2.51. The van der Waals surface area contributed by atoms with Gasteiger partial charge in [-0.05, 0) is 39.2 Å². The first kappa shape index (κ1) is 15.4. The van der Waals surface area contributed by atoms with Gasteiger partial charge < -0.3 is 10.6 Å². The minimum Gasteiger partial charge on any atom is -0.352 e. The molecular formula is C14H24N4O. The van der Waals surface area contributed by atoms with Gasteiger partial charge in [0.05, 0.1) is 0 Å². The van der Waals surface area contributed by atoms with Gasteiger partial charge in [-0.25, -0.2) is 9.97 Å². The van der Waals surface area contributed by atoms with E-state index in [1.54, 1.807) is 6.07 Å². The standard InChI is InChI=1S/C14H24N4O/c1-9(2)6-7-15-13(19)12-8-11(5)17-14(18-12)16-10(3)4/h8-10H,6-7H2,1-5H3,(H,15,19)(H,16,17,18). The van der Waals surface area contributed by atoms with E-state index in [0.29, 0.717) is 24.1 Å². The molecule has 0 unspecified atom stereocenters. The van der Waals surface area contributed by atoms with Crippen molar-refractivity contribution >= 4 is 11.9 Å². The van der Waals surface area contributed by atoms with Gasteiger partial charge in [0.15, 0.2) is 0 Å². The van der Waals surface area contributed by atoms with E-state index >= 15 is 0 Å². The molecule has 0 fully saturated rings. The summed E-state index contributed by atoms with van der Waals surface area (Å²) < 4.78 is 0. The molecule has 5 nitrogen and oxygen atoms in total. The summed E-state index contributed by atoms with van der Waals surface area (Å²) in [6, 6.07) is 1.94. The molecule has 1 heterocycles. The monoisotopic (exact) mass is 264 g/mol. The number of anilines is 1. The van der Waals surface area contributed by atoms with Gasteiger partial charge >= 0.3 is 0 Å². The second-order valence-electron chi connectivity index (χ2n) is 5.46. The molecule has 1 rings (SSSR count). The van der Waals surface area contributed by atoms with Gasteiger partial charge in [0, 0.05) is 18.3 Å². The van der Waals surface area contributed by atoms with E-state index in [1.165, 1.54) is 0 Å². The van der Waals surface area contributed by atoms with Crippen molar-refractivity contribution in [1.29, 1.82) is 0 Å². The van der Waals surface area contributed by atoms with E-state index in [1.807, 2.05) is 20.8 Å². The fourth-order valence-electron chi connectivity index (χ4n) is 1.57. The highest BCUT2D eigenvalue weighted by molar-refractivity contribution is 5.92. The predicted octanol–water partition coefficient (Wildman–Crippen LogP) is 2.38. The van der Waals surface area contributed by atoms with Crippen molar-refractivity contribution in [2.24, 2.45) is 5.92 Å². The van der Waals surface area contributed by atoms with Crippen molar-refractivity contribution in [3.05, 3.63) is 17.5 Å². The first-order chi connectivity index (χ1) is 8.88. The summed E-state index contributed by atoms with van der Waals surface area (Å²) >= 11 is 0. The third kappa shape index (κ3) is 5.68. The lowest BCUT2D eigenvalue weighted by Crippen LogP contribution is -2.27. The molecule has 0 saturated carbocycles. The maximum atomic E-state index is 12.0. The smallest absolute Gasteiger partial charge is 0.270 e. The number of carbonyl (C=O) groups is 1. The van der Waals surface area contributed by atoms with Crippen LogP contribution in [0.3, 0.4) is 0 Å². The zero-order valence-electron chi connectivity index (χ0n) is 12.4. The lowest BCUT2D eigenvalue weighted by molar-refractivity contribution is 0.0947. The molecule has 0 spiro atoms. The van der Waals surface area contributed by atoms with Crippen LogP contribution in [0.2, 0.25) is 0 Å². The van der Waals surface area contributed by atoms with Crippen LogP contribution in [0.25, 0.3) is 0 Å². The van der Waals surface area contributed by atoms with Crippen LogP contribution in [0.4, 0.5) is 5.95 Å². The number of rotatable bonds is 6. The summed E-state index contributed by atoms with van der Waals surface area (Å²) in [4.78, 5) is 20.5. The van der Waals surface area contributed by atoms with Gasteiger partial charge in [0.1, 0.15) is 5.69 Å². The van der Waals surface area contributed by atoms with Crippen molar-refractivity contribution in [1.82, 2.24) is 15.3 Å². The highest BCUT2D eigenvalue weighted by atomic mass is 16.1. The van der Waals surface area contributed by atoms with Crippen molar-refractivity contribution in [3.63, 3.8) is 0 Å². The Hall–Kier alpha value is -1.65. The Labute approximate surface area is 115 Å². The van der Waals surface area contributed by atoms with Crippen molar-refractivity contribution in [2.75, 3.05) is 11.9 Å². The molecule has 0 saturated heterocycles. The molecule has 0 atom stereocenters.